The van der Waals surface area contributed by atoms with Crippen LogP contribution in [0.15, 0.2) is 9.98 Å². The molecule has 4 heteroatoms. The van der Waals surface area contributed by atoms with Crippen LogP contribution in [-0.4, -0.2) is 16.5 Å². The van der Waals surface area contributed by atoms with Crippen LogP contribution in [0.3, 0.4) is 0 Å². The van der Waals surface area contributed by atoms with E-state index in [0.717, 1.165) is 19.3 Å². The fraction of sp³-hybridized carbons (Fsp3) is 0.714. The average molecular weight is 186 g/mol. The van der Waals surface area contributed by atoms with E-state index >= 15 is 0 Å². The van der Waals surface area contributed by atoms with Crippen molar-refractivity contribution in [1.82, 2.24) is 0 Å². The smallest absolute Gasteiger partial charge is 0.160 e. The van der Waals surface area contributed by atoms with Crippen molar-refractivity contribution in [1.29, 1.82) is 0 Å². The van der Waals surface area contributed by atoms with Gasteiger partial charge in [0.1, 0.15) is 0 Å². The van der Waals surface area contributed by atoms with Crippen LogP contribution in [0.2, 0.25) is 0 Å². The van der Waals surface area contributed by atoms with Gasteiger partial charge in [-0.25, -0.2) is 9.98 Å². The monoisotopic (exact) mass is 186 g/mol. The maximum atomic E-state index is 4.45. The normalized spacial score (nSPS) is 11.0. The van der Waals surface area contributed by atoms with E-state index in [1.807, 2.05) is 0 Å². The summed E-state index contributed by atoms with van der Waals surface area (Å²) in [5.74, 6) is 0. The lowest BCUT2D eigenvalue weighted by Gasteiger charge is -2.00. The van der Waals surface area contributed by atoms with E-state index in [0.29, 0.717) is 0 Å². The number of hydrogen-bond acceptors (Lipinski definition) is 4. The molecule has 0 aliphatic heterocycles. The van der Waals surface area contributed by atoms with Crippen molar-refractivity contribution >= 4 is 34.8 Å². The molecule has 0 heterocycles. The second-order valence-corrected chi connectivity index (χ2v) is 2.43. The summed E-state index contributed by atoms with van der Waals surface area (Å²) in [7, 11) is 0. The number of hydrogen-bond donors (Lipinski definition) is 0. The van der Waals surface area contributed by atoms with Gasteiger partial charge in [-0.05, 0) is 37.3 Å². The van der Waals surface area contributed by atoms with E-state index < -0.39 is 0 Å². The highest BCUT2D eigenvalue weighted by atomic mass is 32.1. The zero-order valence-corrected chi connectivity index (χ0v) is 8.04. The van der Waals surface area contributed by atoms with Gasteiger partial charge in [0.15, 0.2) is 6.17 Å². The van der Waals surface area contributed by atoms with Crippen LogP contribution < -0.4 is 0 Å². The van der Waals surface area contributed by atoms with E-state index in [1.165, 1.54) is 0 Å². The van der Waals surface area contributed by atoms with Gasteiger partial charge in [0.2, 0.25) is 0 Å². The van der Waals surface area contributed by atoms with Crippen molar-refractivity contribution < 1.29 is 0 Å². The Labute approximate surface area is 77.4 Å². The first-order valence-corrected chi connectivity index (χ1v) is 4.30. The lowest BCUT2D eigenvalue weighted by Crippen LogP contribution is -1.98. The topological polar surface area (TPSA) is 24.7 Å². The van der Waals surface area contributed by atoms with E-state index in [1.54, 1.807) is 0 Å². The third kappa shape index (κ3) is 6.02. The second kappa shape index (κ2) is 7.70. The summed E-state index contributed by atoms with van der Waals surface area (Å²) in [6.07, 6.45) is 2.93. The Hall–Kier alpha value is -0.400. The maximum absolute atomic E-state index is 4.45. The van der Waals surface area contributed by atoms with Crippen LogP contribution in [0.4, 0.5) is 0 Å². The first kappa shape index (κ1) is 10.6. The van der Waals surface area contributed by atoms with E-state index in [-0.39, 0.29) is 6.17 Å². The zero-order valence-electron chi connectivity index (χ0n) is 6.41. The fourth-order valence-corrected chi connectivity index (χ4v) is 0.910. The molecule has 2 nitrogen and oxygen atoms in total. The van der Waals surface area contributed by atoms with Gasteiger partial charge < -0.3 is 0 Å². The van der Waals surface area contributed by atoms with Crippen molar-refractivity contribution in [3.63, 3.8) is 0 Å². The third-order valence-electron chi connectivity index (χ3n) is 1.22. The summed E-state index contributed by atoms with van der Waals surface area (Å²) >= 11 is 8.91. The first-order valence-electron chi connectivity index (χ1n) is 3.49. The Morgan fingerprint density at radius 3 is 2.18 bits per heavy atom. The Morgan fingerprint density at radius 1 is 1.27 bits per heavy atom. The number of nitrogens with zero attached hydrogens (tertiary/aromatic N) is 2. The third-order valence-corrected chi connectivity index (χ3v) is 1.43. The Bertz CT molecular complexity index is 173. The molecule has 0 aliphatic carbocycles. The van der Waals surface area contributed by atoms with Gasteiger partial charge in [-0.3, -0.25) is 0 Å². The quantitative estimate of drug-likeness (QED) is 0.487. The molecule has 0 unspecified atom stereocenters. The molecule has 0 N–H and O–H groups in total. The molecule has 0 radical (unpaired) electrons. The molecule has 0 rings (SSSR count). The number of rotatable bonds is 5. The highest BCUT2D eigenvalue weighted by Gasteiger charge is 2.00. The predicted molar refractivity (Wildman–Crippen MR) is 53.4 cm³/mol. The highest BCUT2D eigenvalue weighted by molar-refractivity contribution is 7.78. The molecular formula is C7H10N2S2. The largest absolute Gasteiger partial charge is 0.204 e. The molecule has 0 aromatic carbocycles. The molecule has 11 heavy (non-hydrogen) atoms. The molecule has 0 amide bonds. The minimum Gasteiger partial charge on any atom is -0.204 e. The van der Waals surface area contributed by atoms with Gasteiger partial charge in [-0.2, -0.15) is 0 Å². The van der Waals surface area contributed by atoms with Crippen LogP contribution in [-0.2, 0) is 0 Å². The molecular weight excluding hydrogens is 176 g/mol. The van der Waals surface area contributed by atoms with Gasteiger partial charge in [0.25, 0.3) is 0 Å². The number of unbranched alkanes of at least 4 members (excludes halogenated alkanes) is 1. The minimum absolute atomic E-state index is 0.148. The molecule has 0 atom stereocenters. The summed E-state index contributed by atoms with van der Waals surface area (Å²) in [5.41, 5.74) is 0. The van der Waals surface area contributed by atoms with Gasteiger partial charge in [-0.1, -0.05) is 13.3 Å². The van der Waals surface area contributed by atoms with Gasteiger partial charge in [0.05, 0.1) is 10.3 Å². The number of aliphatic imine (C=N–C) groups is 2. The number of thiocarbonyl (C=S) groups is 2. The molecule has 0 saturated heterocycles. The minimum atomic E-state index is -0.148. The zero-order chi connectivity index (χ0) is 8.53. The van der Waals surface area contributed by atoms with Crippen LogP contribution in [0.25, 0.3) is 0 Å². The molecule has 0 aromatic rings. The molecule has 0 fully saturated rings. The predicted octanol–water partition coefficient (Wildman–Crippen LogP) is 2.71. The van der Waals surface area contributed by atoms with Crippen molar-refractivity contribution in [2.75, 3.05) is 0 Å². The lowest BCUT2D eigenvalue weighted by atomic mass is 10.2. The molecule has 0 saturated carbocycles. The highest BCUT2D eigenvalue weighted by Crippen LogP contribution is 2.04. The van der Waals surface area contributed by atoms with Gasteiger partial charge >= 0.3 is 0 Å². The van der Waals surface area contributed by atoms with Crippen LogP contribution in [0.1, 0.15) is 26.2 Å². The summed E-state index contributed by atoms with van der Waals surface area (Å²) in [4.78, 5) is 7.64. The maximum Gasteiger partial charge on any atom is 0.160 e. The Balaban J connectivity index is 3.88. The standard InChI is InChI=1S/C7H10N2S2/c1-2-3-4-7(8-5-10)9-6-11/h7H,2-4H2,1H3. The van der Waals surface area contributed by atoms with E-state index in [9.17, 15) is 0 Å². The second-order valence-electron chi connectivity index (χ2n) is 2.06. The first-order chi connectivity index (χ1) is 5.35. The Kier molecular flexibility index (Phi) is 7.42. The van der Waals surface area contributed by atoms with E-state index in [2.05, 4.69) is 51.7 Å². The summed E-state index contributed by atoms with van der Waals surface area (Å²) in [5, 5.41) is 4.58. The van der Waals surface area contributed by atoms with E-state index in [4.69, 9.17) is 0 Å². The SMILES string of the molecule is CCCCC(N=C=S)N=C=S. The molecule has 0 aliphatic rings. The number of isothiocyanates is 2. The van der Waals surface area contributed by atoms with Crippen molar-refractivity contribution in [3.8, 4) is 0 Å². The summed E-state index contributed by atoms with van der Waals surface area (Å²) < 4.78 is 0. The molecule has 0 spiro atoms. The molecule has 60 valence electrons. The van der Waals surface area contributed by atoms with Gasteiger partial charge in [-0.15, -0.1) is 0 Å². The van der Waals surface area contributed by atoms with Crippen LogP contribution in [0.5, 0.6) is 0 Å². The average Bonchev–Trinajstić information content (AvgIpc) is 2.01. The van der Waals surface area contributed by atoms with Crippen LogP contribution in [0, 0.1) is 0 Å². The van der Waals surface area contributed by atoms with Crippen molar-refractivity contribution in [2.45, 2.75) is 32.4 Å². The summed E-state index contributed by atoms with van der Waals surface area (Å²) in [6.45, 7) is 2.11. The summed E-state index contributed by atoms with van der Waals surface area (Å²) in [6, 6.07) is 0. The van der Waals surface area contributed by atoms with Crippen molar-refractivity contribution in [3.05, 3.63) is 0 Å². The van der Waals surface area contributed by atoms with Crippen LogP contribution >= 0.6 is 24.4 Å². The molecule has 0 bridgehead atoms. The molecule has 0 aromatic heterocycles. The van der Waals surface area contributed by atoms with Crippen molar-refractivity contribution in [2.24, 2.45) is 9.98 Å². The Morgan fingerprint density at radius 2 is 1.82 bits per heavy atom. The fourth-order valence-electron chi connectivity index (χ4n) is 0.666. The lowest BCUT2D eigenvalue weighted by molar-refractivity contribution is 0.605. The van der Waals surface area contributed by atoms with Gasteiger partial charge in [0, 0.05) is 0 Å².